The predicted octanol–water partition coefficient (Wildman–Crippen LogP) is 0.000900. The van der Waals surface area contributed by atoms with Gasteiger partial charge >= 0.3 is 0 Å². The molecule has 82 valence electrons. The molecule has 4 nitrogen and oxygen atoms in total. The number of hydrogen-bond acceptors (Lipinski definition) is 3. The van der Waals surface area contributed by atoms with Crippen molar-refractivity contribution >= 4 is 5.91 Å². The van der Waals surface area contributed by atoms with E-state index in [1.165, 1.54) is 0 Å². The highest BCUT2D eigenvalue weighted by Gasteiger charge is 2.45. The van der Waals surface area contributed by atoms with Crippen molar-refractivity contribution in [3.63, 3.8) is 0 Å². The SMILES string of the molecule is CC(C)(CO)NC(=O)C(C)(N)C1CC1. The average molecular weight is 200 g/mol. The van der Waals surface area contributed by atoms with Gasteiger partial charge in [-0.2, -0.15) is 0 Å². The fourth-order valence-corrected chi connectivity index (χ4v) is 1.35. The molecule has 14 heavy (non-hydrogen) atoms. The minimum Gasteiger partial charge on any atom is -0.394 e. The summed E-state index contributed by atoms with van der Waals surface area (Å²) in [6, 6.07) is 0. The van der Waals surface area contributed by atoms with Gasteiger partial charge < -0.3 is 16.2 Å². The largest absolute Gasteiger partial charge is 0.394 e. The summed E-state index contributed by atoms with van der Waals surface area (Å²) in [5.41, 5.74) is 4.56. The van der Waals surface area contributed by atoms with E-state index in [9.17, 15) is 4.79 Å². The molecular weight excluding hydrogens is 180 g/mol. The fraction of sp³-hybridized carbons (Fsp3) is 0.900. The zero-order valence-electron chi connectivity index (χ0n) is 9.13. The minimum atomic E-state index is -0.785. The Morgan fingerprint density at radius 2 is 2.00 bits per heavy atom. The van der Waals surface area contributed by atoms with E-state index in [2.05, 4.69) is 5.32 Å². The molecule has 0 aliphatic heterocycles. The van der Waals surface area contributed by atoms with Gasteiger partial charge in [-0.15, -0.1) is 0 Å². The summed E-state index contributed by atoms with van der Waals surface area (Å²) < 4.78 is 0. The monoisotopic (exact) mass is 200 g/mol. The van der Waals surface area contributed by atoms with Crippen molar-refractivity contribution in [2.75, 3.05) is 6.61 Å². The van der Waals surface area contributed by atoms with Gasteiger partial charge in [0, 0.05) is 0 Å². The smallest absolute Gasteiger partial charge is 0.240 e. The molecule has 0 aromatic heterocycles. The molecule has 1 saturated carbocycles. The summed E-state index contributed by atoms with van der Waals surface area (Å²) in [6.45, 7) is 5.22. The molecule has 1 amide bonds. The van der Waals surface area contributed by atoms with Crippen LogP contribution in [0.2, 0.25) is 0 Å². The lowest BCUT2D eigenvalue weighted by Crippen LogP contribution is -2.59. The number of hydrogen-bond donors (Lipinski definition) is 3. The van der Waals surface area contributed by atoms with Crippen LogP contribution >= 0.6 is 0 Å². The van der Waals surface area contributed by atoms with Crippen LogP contribution in [0.3, 0.4) is 0 Å². The van der Waals surface area contributed by atoms with Crippen LogP contribution in [0, 0.1) is 5.92 Å². The van der Waals surface area contributed by atoms with Crippen LogP contribution in [0.25, 0.3) is 0 Å². The first kappa shape index (κ1) is 11.5. The average Bonchev–Trinajstić information content (AvgIpc) is 2.85. The van der Waals surface area contributed by atoms with Gasteiger partial charge in [0.05, 0.1) is 17.7 Å². The molecule has 1 aliphatic rings. The van der Waals surface area contributed by atoms with E-state index >= 15 is 0 Å². The van der Waals surface area contributed by atoms with Crippen LogP contribution in [0.1, 0.15) is 33.6 Å². The van der Waals surface area contributed by atoms with Crippen molar-refractivity contribution in [1.29, 1.82) is 0 Å². The summed E-state index contributed by atoms with van der Waals surface area (Å²) in [5, 5.41) is 11.8. The van der Waals surface area contributed by atoms with Gasteiger partial charge in [-0.1, -0.05) is 0 Å². The second-order valence-corrected chi connectivity index (χ2v) is 5.05. The van der Waals surface area contributed by atoms with Gasteiger partial charge in [-0.05, 0) is 39.5 Å². The Kier molecular flexibility index (Phi) is 2.88. The zero-order chi connectivity index (χ0) is 11.0. The lowest BCUT2D eigenvalue weighted by Gasteiger charge is -2.30. The quantitative estimate of drug-likeness (QED) is 0.598. The van der Waals surface area contributed by atoms with Crippen LogP contribution < -0.4 is 11.1 Å². The summed E-state index contributed by atoms with van der Waals surface area (Å²) in [7, 11) is 0. The number of aliphatic hydroxyl groups excluding tert-OH is 1. The highest BCUT2D eigenvalue weighted by Crippen LogP contribution is 2.38. The molecule has 4 heteroatoms. The maximum Gasteiger partial charge on any atom is 0.240 e. The third-order valence-corrected chi connectivity index (χ3v) is 2.76. The highest BCUT2D eigenvalue weighted by atomic mass is 16.3. The molecule has 0 spiro atoms. The van der Waals surface area contributed by atoms with Crippen LogP contribution in [0.15, 0.2) is 0 Å². The molecule has 0 heterocycles. The molecule has 0 aromatic carbocycles. The Hall–Kier alpha value is -0.610. The first-order valence-electron chi connectivity index (χ1n) is 5.02. The lowest BCUT2D eigenvalue weighted by atomic mass is 9.94. The Morgan fingerprint density at radius 3 is 2.36 bits per heavy atom. The van der Waals surface area contributed by atoms with Gasteiger partial charge in [0.15, 0.2) is 0 Å². The van der Waals surface area contributed by atoms with Crippen LogP contribution in [0.5, 0.6) is 0 Å². The van der Waals surface area contributed by atoms with E-state index in [-0.39, 0.29) is 12.5 Å². The van der Waals surface area contributed by atoms with E-state index in [1.54, 1.807) is 20.8 Å². The minimum absolute atomic E-state index is 0.0838. The normalized spacial score (nSPS) is 21.5. The molecule has 1 fully saturated rings. The maximum atomic E-state index is 11.8. The van der Waals surface area contributed by atoms with E-state index in [4.69, 9.17) is 10.8 Å². The molecule has 0 saturated heterocycles. The standard InChI is InChI=1S/C10H20N2O2/c1-9(2,6-13)12-8(14)10(3,11)7-4-5-7/h7,13H,4-6,11H2,1-3H3,(H,12,14). The van der Waals surface area contributed by atoms with E-state index in [1.807, 2.05) is 0 Å². The molecule has 0 radical (unpaired) electrons. The van der Waals surface area contributed by atoms with Gasteiger partial charge in [0.1, 0.15) is 0 Å². The Bertz CT molecular complexity index is 232. The zero-order valence-corrected chi connectivity index (χ0v) is 9.13. The van der Waals surface area contributed by atoms with E-state index in [0.29, 0.717) is 5.92 Å². The number of nitrogens with two attached hydrogens (primary N) is 1. The number of nitrogens with one attached hydrogen (secondary N) is 1. The molecule has 0 aromatic rings. The molecule has 4 N–H and O–H groups in total. The Labute approximate surface area is 84.9 Å². The highest BCUT2D eigenvalue weighted by molar-refractivity contribution is 5.87. The van der Waals surface area contributed by atoms with Gasteiger partial charge in [0.25, 0.3) is 0 Å². The lowest BCUT2D eigenvalue weighted by molar-refractivity contribution is -0.128. The summed E-state index contributed by atoms with van der Waals surface area (Å²) in [4.78, 5) is 11.8. The number of aliphatic hydroxyl groups is 1. The molecule has 1 aliphatic carbocycles. The Balaban J connectivity index is 2.57. The van der Waals surface area contributed by atoms with Crippen molar-refractivity contribution in [3.8, 4) is 0 Å². The number of amides is 1. The molecule has 0 bridgehead atoms. The summed E-state index contributed by atoms with van der Waals surface area (Å²) >= 11 is 0. The molecule has 1 unspecified atom stereocenters. The van der Waals surface area contributed by atoms with E-state index < -0.39 is 11.1 Å². The van der Waals surface area contributed by atoms with Crippen molar-refractivity contribution < 1.29 is 9.90 Å². The van der Waals surface area contributed by atoms with E-state index in [0.717, 1.165) is 12.8 Å². The fourth-order valence-electron chi connectivity index (χ4n) is 1.35. The first-order valence-corrected chi connectivity index (χ1v) is 5.02. The van der Waals surface area contributed by atoms with Gasteiger partial charge in [-0.3, -0.25) is 4.79 Å². The second kappa shape index (κ2) is 3.51. The molecule has 1 rings (SSSR count). The van der Waals surface area contributed by atoms with Gasteiger partial charge in [0.2, 0.25) is 5.91 Å². The molecular formula is C10H20N2O2. The number of carbonyl (C=O) groups excluding carboxylic acids is 1. The number of rotatable bonds is 4. The van der Waals surface area contributed by atoms with Crippen LogP contribution in [-0.2, 0) is 4.79 Å². The van der Waals surface area contributed by atoms with Gasteiger partial charge in [-0.25, -0.2) is 0 Å². The van der Waals surface area contributed by atoms with Crippen molar-refractivity contribution in [2.45, 2.75) is 44.7 Å². The van der Waals surface area contributed by atoms with Crippen molar-refractivity contribution in [1.82, 2.24) is 5.32 Å². The first-order chi connectivity index (χ1) is 6.29. The third kappa shape index (κ3) is 2.45. The topological polar surface area (TPSA) is 75.3 Å². The maximum absolute atomic E-state index is 11.8. The number of carbonyl (C=O) groups is 1. The molecule has 1 atom stereocenters. The van der Waals surface area contributed by atoms with Crippen molar-refractivity contribution in [3.05, 3.63) is 0 Å². The second-order valence-electron chi connectivity index (χ2n) is 5.05. The summed E-state index contributed by atoms with van der Waals surface area (Å²) in [5.74, 6) is 0.135. The Morgan fingerprint density at radius 1 is 1.50 bits per heavy atom. The predicted molar refractivity (Wildman–Crippen MR) is 54.6 cm³/mol. The van der Waals surface area contributed by atoms with Crippen molar-refractivity contribution in [2.24, 2.45) is 11.7 Å². The van der Waals surface area contributed by atoms with Crippen LogP contribution in [-0.4, -0.2) is 28.7 Å². The third-order valence-electron chi connectivity index (χ3n) is 2.76. The van der Waals surface area contributed by atoms with Crippen LogP contribution in [0.4, 0.5) is 0 Å². The summed E-state index contributed by atoms with van der Waals surface area (Å²) in [6.07, 6.45) is 2.06.